The smallest absolute Gasteiger partial charge is 0.190 e. The molecule has 1 spiro atoms. The van der Waals surface area contributed by atoms with E-state index in [1.165, 1.54) is 43.2 Å². The third-order valence-corrected chi connectivity index (χ3v) is 15.5. The summed E-state index contributed by atoms with van der Waals surface area (Å²) in [5.41, 5.74) is 8.62. The third kappa shape index (κ3) is 6.81. The van der Waals surface area contributed by atoms with Gasteiger partial charge >= 0.3 is 0 Å². The van der Waals surface area contributed by atoms with E-state index in [0.29, 0.717) is 48.7 Å². The van der Waals surface area contributed by atoms with Gasteiger partial charge in [0.1, 0.15) is 6.23 Å². The Hall–Kier alpha value is -2.39. The molecule has 5 saturated carbocycles. The Labute approximate surface area is 304 Å². The molecule has 1 saturated heterocycles. The lowest BCUT2D eigenvalue weighted by Crippen LogP contribution is -2.51. The van der Waals surface area contributed by atoms with Gasteiger partial charge < -0.3 is 35.5 Å². The highest BCUT2D eigenvalue weighted by Crippen LogP contribution is 2.69. The Balaban J connectivity index is 0.856. The molecule has 1 aliphatic heterocycles. The highest BCUT2D eigenvalue weighted by atomic mass is 16.6. The van der Waals surface area contributed by atoms with Gasteiger partial charge in [-0.3, -0.25) is 4.99 Å². The van der Waals surface area contributed by atoms with Crippen LogP contribution >= 0.6 is 0 Å². The SMILES string of the molecule is C=C1C[C@@]2(CC[C@H](CC[C@]3(O)CCC[C@H](O)C3)C2)[C@@H]2O[C@]2(C)CC[C@H]2[C@@H]1C[C@]2(C)[C@H]1CC[C@H]([C@H](O)NC(N)=NCCc2cccc3cocc23)C1. The minimum Gasteiger partial charge on any atom is -0.471 e. The maximum Gasteiger partial charge on any atom is 0.190 e. The summed E-state index contributed by atoms with van der Waals surface area (Å²) in [5, 5.41) is 38.0. The molecule has 8 heteroatoms. The van der Waals surface area contributed by atoms with E-state index in [-0.39, 0.29) is 28.5 Å². The number of fused-ring (bicyclic) bond motifs is 4. The highest BCUT2D eigenvalue weighted by Gasteiger charge is 2.67. The number of nitrogens with one attached hydrogen (secondary N) is 1. The summed E-state index contributed by atoms with van der Waals surface area (Å²) in [5.74, 6) is 2.87. The molecule has 6 aliphatic rings. The molecular weight excluding hydrogens is 638 g/mol. The van der Waals surface area contributed by atoms with E-state index in [4.69, 9.17) is 21.5 Å². The normalized spacial score (nSPS) is 43.2. The van der Waals surface area contributed by atoms with Crippen LogP contribution in [0.15, 0.2) is 52.3 Å². The number of nitrogens with two attached hydrogens (primary N) is 1. The molecule has 1 aromatic carbocycles. The van der Waals surface area contributed by atoms with Crippen LogP contribution in [-0.4, -0.2) is 57.5 Å². The average molecular weight is 702 g/mol. The number of furan rings is 1. The molecule has 2 heterocycles. The van der Waals surface area contributed by atoms with Crippen molar-refractivity contribution in [1.82, 2.24) is 5.32 Å². The third-order valence-electron chi connectivity index (χ3n) is 15.5. The van der Waals surface area contributed by atoms with Crippen molar-refractivity contribution in [3.63, 3.8) is 0 Å². The second-order valence-corrected chi connectivity index (χ2v) is 18.8. The van der Waals surface area contributed by atoms with Crippen LogP contribution in [0.1, 0.15) is 122 Å². The molecule has 8 rings (SSSR count). The summed E-state index contributed by atoms with van der Waals surface area (Å²) in [6.45, 7) is 10.3. The van der Waals surface area contributed by atoms with Crippen LogP contribution in [0.2, 0.25) is 0 Å². The molecule has 2 aromatic rings. The molecule has 0 radical (unpaired) electrons. The van der Waals surface area contributed by atoms with Crippen LogP contribution in [-0.2, 0) is 11.2 Å². The lowest BCUT2D eigenvalue weighted by atomic mass is 9.46. The summed E-state index contributed by atoms with van der Waals surface area (Å²) in [7, 11) is 0. The zero-order valence-corrected chi connectivity index (χ0v) is 31.1. The molecule has 6 N–H and O–H groups in total. The average Bonchev–Trinajstić information content (AvgIpc) is 3.55. The molecule has 0 unspecified atom stereocenters. The van der Waals surface area contributed by atoms with Crippen molar-refractivity contribution in [2.45, 2.75) is 153 Å². The Morgan fingerprint density at radius 2 is 1.94 bits per heavy atom. The maximum absolute atomic E-state index is 11.2. The number of allylic oxidation sites excluding steroid dienone is 1. The molecule has 8 nitrogen and oxygen atoms in total. The highest BCUT2D eigenvalue weighted by molar-refractivity contribution is 5.84. The van der Waals surface area contributed by atoms with Gasteiger partial charge in [-0.15, -0.1) is 0 Å². The first-order valence-electron chi connectivity index (χ1n) is 20.3. The van der Waals surface area contributed by atoms with Gasteiger partial charge in [-0.1, -0.05) is 37.3 Å². The molecule has 5 aliphatic carbocycles. The fraction of sp³-hybridized carbons (Fsp3) is 0.744. The van der Waals surface area contributed by atoms with Crippen molar-refractivity contribution in [3.8, 4) is 0 Å². The molecule has 51 heavy (non-hydrogen) atoms. The van der Waals surface area contributed by atoms with Crippen molar-refractivity contribution < 1.29 is 24.5 Å². The second-order valence-electron chi connectivity index (χ2n) is 18.8. The van der Waals surface area contributed by atoms with E-state index in [0.717, 1.165) is 81.4 Å². The number of aliphatic hydroxyl groups excluding tert-OH is 2. The van der Waals surface area contributed by atoms with Crippen molar-refractivity contribution in [1.29, 1.82) is 0 Å². The van der Waals surface area contributed by atoms with Crippen molar-refractivity contribution in [2.75, 3.05) is 6.54 Å². The first-order valence-corrected chi connectivity index (χ1v) is 20.3. The molecule has 12 atom stereocenters. The minimum atomic E-state index is -0.690. The Kier molecular flexibility index (Phi) is 9.41. The summed E-state index contributed by atoms with van der Waals surface area (Å²) in [6.07, 6.45) is 19.9. The molecule has 0 bridgehead atoms. The van der Waals surface area contributed by atoms with Gasteiger partial charge in [0.15, 0.2) is 5.96 Å². The number of nitrogens with zero attached hydrogens (tertiary/aromatic N) is 1. The fourth-order valence-electron chi connectivity index (χ4n) is 12.5. The van der Waals surface area contributed by atoms with Gasteiger partial charge in [0.05, 0.1) is 35.9 Å². The number of ether oxygens (including phenoxy) is 1. The first kappa shape index (κ1) is 35.6. The van der Waals surface area contributed by atoms with E-state index >= 15 is 0 Å². The topological polar surface area (TPSA) is 137 Å². The van der Waals surface area contributed by atoms with Gasteiger partial charge in [0.2, 0.25) is 0 Å². The Morgan fingerprint density at radius 1 is 1.08 bits per heavy atom. The summed E-state index contributed by atoms with van der Waals surface area (Å²) < 4.78 is 12.1. The number of hydrogen-bond donors (Lipinski definition) is 5. The van der Waals surface area contributed by atoms with E-state index in [2.05, 4.69) is 30.2 Å². The van der Waals surface area contributed by atoms with Crippen LogP contribution in [0.3, 0.4) is 0 Å². The lowest BCUT2D eigenvalue weighted by Gasteiger charge is -2.58. The van der Waals surface area contributed by atoms with Gasteiger partial charge in [-0.25, -0.2) is 0 Å². The maximum atomic E-state index is 11.2. The van der Waals surface area contributed by atoms with Crippen molar-refractivity contribution in [3.05, 3.63) is 48.4 Å². The monoisotopic (exact) mass is 701 g/mol. The van der Waals surface area contributed by atoms with Crippen molar-refractivity contribution >= 4 is 16.7 Å². The largest absolute Gasteiger partial charge is 0.471 e. The summed E-state index contributed by atoms with van der Waals surface area (Å²) in [6, 6.07) is 6.18. The second kappa shape index (κ2) is 13.5. The van der Waals surface area contributed by atoms with Gasteiger partial charge in [-0.2, -0.15) is 0 Å². The minimum absolute atomic E-state index is 0.0353. The van der Waals surface area contributed by atoms with Crippen LogP contribution in [0.4, 0.5) is 0 Å². The predicted octanol–water partition coefficient (Wildman–Crippen LogP) is 7.39. The number of benzene rings is 1. The Bertz CT molecular complexity index is 1620. The molecule has 280 valence electrons. The zero-order chi connectivity index (χ0) is 35.6. The fourth-order valence-corrected chi connectivity index (χ4v) is 12.5. The number of rotatable bonds is 9. The quantitative estimate of drug-likeness (QED) is 0.0605. The van der Waals surface area contributed by atoms with Crippen LogP contribution in [0.5, 0.6) is 0 Å². The molecular formula is C43H63N3O5. The first-order chi connectivity index (χ1) is 24.4. The zero-order valence-electron chi connectivity index (χ0n) is 31.1. The predicted molar refractivity (Wildman–Crippen MR) is 201 cm³/mol. The molecule has 0 amide bonds. The standard InChI is InChI=1S/C43H63N3O5/c1-27-21-42(17-11-28(22-42)12-18-43(49)15-5-8-33(47)23-43)38-41(3,51-38)16-13-36-34(27)24-40(36,2)32-10-9-30(20-32)37(48)46-39(44)45-19-14-29-6-4-7-31-25-50-26-35(29)31/h4,6-7,25-26,28,30,32-34,36-38,47-49H,1,5,8-24H2,2-3H3,(H3,44,45,46)/t28-,30+,32+,33+,34-,36+,37+,38-,40-,41-,42-,43-/m1/s1. The number of hydrogen-bond acceptors (Lipinski definition) is 6. The van der Waals surface area contributed by atoms with Crippen LogP contribution in [0, 0.1) is 40.4 Å². The molecule has 6 fully saturated rings. The van der Waals surface area contributed by atoms with E-state index in [1.54, 1.807) is 12.5 Å². The van der Waals surface area contributed by atoms with Crippen LogP contribution < -0.4 is 11.1 Å². The number of guanidine groups is 1. The van der Waals surface area contributed by atoms with Crippen molar-refractivity contribution in [2.24, 2.45) is 51.1 Å². The number of aliphatic hydroxyl groups is 3. The van der Waals surface area contributed by atoms with Crippen LogP contribution in [0.25, 0.3) is 10.8 Å². The van der Waals surface area contributed by atoms with Gasteiger partial charge in [0, 0.05) is 35.1 Å². The number of aliphatic imine (C=N–C) groups is 1. The number of epoxide rings is 1. The van der Waals surface area contributed by atoms with Gasteiger partial charge in [-0.05, 0) is 144 Å². The lowest BCUT2D eigenvalue weighted by molar-refractivity contribution is -0.0712. The van der Waals surface area contributed by atoms with Gasteiger partial charge in [0.25, 0.3) is 0 Å². The molecule has 1 aromatic heterocycles. The summed E-state index contributed by atoms with van der Waals surface area (Å²) in [4.78, 5) is 4.55. The van der Waals surface area contributed by atoms with E-state index < -0.39 is 11.8 Å². The van der Waals surface area contributed by atoms with E-state index in [1.807, 2.05) is 12.1 Å². The van der Waals surface area contributed by atoms with E-state index in [9.17, 15) is 15.3 Å². The summed E-state index contributed by atoms with van der Waals surface area (Å²) >= 11 is 0. The Morgan fingerprint density at radius 3 is 2.78 bits per heavy atom.